The fraction of sp³-hybridized carbons (Fsp3) is 0.0566. The first-order valence-corrected chi connectivity index (χ1v) is 18.7. The van der Waals surface area contributed by atoms with Crippen LogP contribution in [0.3, 0.4) is 0 Å². The van der Waals surface area contributed by atoms with Gasteiger partial charge in [0.05, 0.1) is 0 Å². The lowest BCUT2D eigenvalue weighted by atomic mass is 9.80. The summed E-state index contributed by atoms with van der Waals surface area (Å²) in [5.41, 5.74) is 13.1. The first-order valence-electron chi connectivity index (χ1n) is 18.7. The number of benzene rings is 10. The molecular weight excluding hydrogens is 637 g/mol. The van der Waals surface area contributed by atoms with Gasteiger partial charge in [0.1, 0.15) is 0 Å². The van der Waals surface area contributed by atoms with Crippen LogP contribution in [0.1, 0.15) is 25.0 Å². The fourth-order valence-electron chi connectivity index (χ4n) is 9.52. The van der Waals surface area contributed by atoms with Gasteiger partial charge in [0.2, 0.25) is 0 Å². The highest BCUT2D eigenvalue weighted by atomic mass is 14.4. The predicted octanol–water partition coefficient (Wildman–Crippen LogP) is 14.8. The molecule has 0 saturated carbocycles. The molecule has 0 bridgehead atoms. The Labute approximate surface area is 309 Å². The fourth-order valence-corrected chi connectivity index (χ4v) is 9.52. The molecule has 0 heterocycles. The van der Waals surface area contributed by atoms with Gasteiger partial charge in [0.25, 0.3) is 0 Å². The van der Waals surface area contributed by atoms with E-state index >= 15 is 0 Å². The Morgan fingerprint density at radius 1 is 0.283 bits per heavy atom. The quantitative estimate of drug-likeness (QED) is 0.164. The summed E-state index contributed by atoms with van der Waals surface area (Å²) in [6.45, 7) is 4.77. The van der Waals surface area contributed by atoms with Crippen LogP contribution in [0.2, 0.25) is 0 Å². The molecule has 0 N–H and O–H groups in total. The molecule has 248 valence electrons. The SMILES string of the molecule is CC1(C)c2cc(-c3cc(-c4c5ccccc5c(-c5cccc6ccccc56)c5ccccc45)c4ccccc4c3)ccc2-c2c1ccc1ccccc21. The second-order valence-corrected chi connectivity index (χ2v) is 15.2. The van der Waals surface area contributed by atoms with E-state index in [1.807, 2.05) is 0 Å². The molecule has 10 aromatic rings. The molecule has 0 aromatic heterocycles. The molecule has 0 spiro atoms. The molecule has 1 aliphatic carbocycles. The van der Waals surface area contributed by atoms with Crippen LogP contribution >= 0.6 is 0 Å². The summed E-state index contributed by atoms with van der Waals surface area (Å²) < 4.78 is 0. The number of fused-ring (bicyclic) bond motifs is 9. The van der Waals surface area contributed by atoms with E-state index in [1.54, 1.807) is 0 Å². The van der Waals surface area contributed by atoms with Gasteiger partial charge in [-0.1, -0.05) is 178 Å². The van der Waals surface area contributed by atoms with Crippen LogP contribution in [0.25, 0.3) is 98.4 Å². The lowest BCUT2D eigenvalue weighted by molar-refractivity contribution is 0.661. The zero-order chi connectivity index (χ0) is 35.3. The smallest absolute Gasteiger partial charge is 0.0159 e. The monoisotopic (exact) mass is 672 g/mol. The van der Waals surface area contributed by atoms with E-state index in [4.69, 9.17) is 0 Å². The Morgan fingerprint density at radius 3 is 1.45 bits per heavy atom. The summed E-state index contributed by atoms with van der Waals surface area (Å²) in [4.78, 5) is 0. The maximum atomic E-state index is 2.47. The third kappa shape index (κ3) is 4.36. The second kappa shape index (κ2) is 11.2. The second-order valence-electron chi connectivity index (χ2n) is 15.2. The molecule has 1 aliphatic rings. The topological polar surface area (TPSA) is 0 Å². The summed E-state index contributed by atoms with van der Waals surface area (Å²) >= 11 is 0. The van der Waals surface area contributed by atoms with Crippen molar-refractivity contribution in [3.8, 4) is 44.5 Å². The minimum absolute atomic E-state index is 0.103. The van der Waals surface area contributed by atoms with Gasteiger partial charge in [-0.25, -0.2) is 0 Å². The van der Waals surface area contributed by atoms with Gasteiger partial charge in [0.15, 0.2) is 0 Å². The normalized spacial score (nSPS) is 13.2. The summed E-state index contributed by atoms with van der Waals surface area (Å²) in [5.74, 6) is 0. The largest absolute Gasteiger partial charge is 0.0616 e. The Morgan fingerprint density at radius 2 is 0.792 bits per heavy atom. The van der Waals surface area contributed by atoms with Crippen LogP contribution < -0.4 is 0 Å². The van der Waals surface area contributed by atoms with Crippen LogP contribution in [-0.2, 0) is 5.41 Å². The van der Waals surface area contributed by atoms with Gasteiger partial charge in [0, 0.05) is 5.41 Å². The zero-order valence-corrected chi connectivity index (χ0v) is 29.8. The third-order valence-corrected chi connectivity index (χ3v) is 12.0. The first-order chi connectivity index (χ1) is 26.1. The van der Waals surface area contributed by atoms with Crippen molar-refractivity contribution < 1.29 is 0 Å². The van der Waals surface area contributed by atoms with Crippen molar-refractivity contribution in [1.29, 1.82) is 0 Å². The maximum Gasteiger partial charge on any atom is 0.0159 e. The van der Waals surface area contributed by atoms with E-state index < -0.39 is 0 Å². The van der Waals surface area contributed by atoms with Crippen molar-refractivity contribution in [2.45, 2.75) is 19.3 Å². The zero-order valence-electron chi connectivity index (χ0n) is 29.8. The minimum atomic E-state index is -0.103. The summed E-state index contributed by atoms with van der Waals surface area (Å²) in [6, 6.07) is 68.0. The minimum Gasteiger partial charge on any atom is -0.0616 e. The van der Waals surface area contributed by atoms with Gasteiger partial charge in [-0.15, -0.1) is 0 Å². The highest BCUT2D eigenvalue weighted by molar-refractivity contribution is 6.25. The molecule has 10 aromatic carbocycles. The van der Waals surface area contributed by atoms with Crippen molar-refractivity contribution in [2.24, 2.45) is 0 Å². The van der Waals surface area contributed by atoms with E-state index in [1.165, 1.54) is 109 Å². The molecule has 53 heavy (non-hydrogen) atoms. The Hall–Kier alpha value is -6.50. The lowest BCUT2D eigenvalue weighted by Crippen LogP contribution is -2.15. The Balaban J connectivity index is 1.18. The van der Waals surface area contributed by atoms with Gasteiger partial charge in [-0.2, -0.15) is 0 Å². The number of hydrogen-bond donors (Lipinski definition) is 0. The number of hydrogen-bond acceptors (Lipinski definition) is 0. The van der Waals surface area contributed by atoms with Crippen LogP contribution in [0, 0.1) is 0 Å². The van der Waals surface area contributed by atoms with Crippen LogP contribution in [-0.4, -0.2) is 0 Å². The van der Waals surface area contributed by atoms with E-state index in [9.17, 15) is 0 Å². The van der Waals surface area contributed by atoms with E-state index in [2.05, 4.69) is 196 Å². The number of rotatable bonds is 3. The van der Waals surface area contributed by atoms with Crippen LogP contribution in [0.15, 0.2) is 182 Å². The summed E-state index contributed by atoms with van der Waals surface area (Å²) in [6.07, 6.45) is 0. The van der Waals surface area contributed by atoms with Gasteiger partial charge >= 0.3 is 0 Å². The summed E-state index contributed by atoms with van der Waals surface area (Å²) in [5, 5.41) is 12.8. The van der Waals surface area contributed by atoms with E-state index in [0.717, 1.165) is 0 Å². The molecular formula is C53H36. The molecule has 0 heteroatoms. The van der Waals surface area contributed by atoms with Crippen molar-refractivity contribution in [3.63, 3.8) is 0 Å². The van der Waals surface area contributed by atoms with Crippen LogP contribution in [0.4, 0.5) is 0 Å². The first kappa shape index (κ1) is 30.2. The Bertz CT molecular complexity index is 3080. The molecule has 0 fully saturated rings. The highest BCUT2D eigenvalue weighted by Crippen LogP contribution is 2.53. The Kier molecular flexibility index (Phi) is 6.40. The van der Waals surface area contributed by atoms with Crippen molar-refractivity contribution >= 4 is 53.9 Å². The van der Waals surface area contributed by atoms with Gasteiger partial charge in [-0.05, 0) is 128 Å². The average molecular weight is 673 g/mol. The molecule has 0 atom stereocenters. The average Bonchev–Trinajstić information content (AvgIpc) is 3.45. The molecule has 0 unspecified atom stereocenters. The highest BCUT2D eigenvalue weighted by Gasteiger charge is 2.36. The van der Waals surface area contributed by atoms with E-state index in [0.29, 0.717) is 0 Å². The van der Waals surface area contributed by atoms with Crippen LogP contribution in [0.5, 0.6) is 0 Å². The molecule has 0 saturated heterocycles. The molecule has 11 rings (SSSR count). The van der Waals surface area contributed by atoms with Gasteiger partial charge in [-0.3, -0.25) is 0 Å². The predicted molar refractivity (Wildman–Crippen MR) is 228 cm³/mol. The maximum absolute atomic E-state index is 2.47. The molecule has 0 amide bonds. The summed E-state index contributed by atoms with van der Waals surface area (Å²) in [7, 11) is 0. The third-order valence-electron chi connectivity index (χ3n) is 12.0. The van der Waals surface area contributed by atoms with Crippen molar-refractivity contribution in [3.05, 3.63) is 193 Å². The van der Waals surface area contributed by atoms with Crippen molar-refractivity contribution in [1.82, 2.24) is 0 Å². The standard InChI is InChI=1S/C53H36/c1-53(2)48-29-27-34-15-4-8-20-40(34)52(48)46-28-26-35(32-49(46)53)37-30-36-16-5-7-19-39(36)47(31-37)51-44-23-11-9-21-42(44)50(43-22-10-12-24-45(43)51)41-25-13-17-33-14-3-6-18-38(33)41/h3-32H,1-2H3. The van der Waals surface area contributed by atoms with Crippen molar-refractivity contribution in [2.75, 3.05) is 0 Å². The lowest BCUT2D eigenvalue weighted by Gasteiger charge is -2.22. The molecule has 0 aliphatic heterocycles. The van der Waals surface area contributed by atoms with E-state index in [-0.39, 0.29) is 5.41 Å². The molecule has 0 radical (unpaired) electrons. The molecule has 0 nitrogen and oxygen atoms in total. The van der Waals surface area contributed by atoms with Gasteiger partial charge < -0.3 is 0 Å².